The zero-order valence-corrected chi connectivity index (χ0v) is 23.7. The van der Waals surface area contributed by atoms with Crippen LogP contribution in [0.15, 0.2) is 48.5 Å². The number of nitrogen functional groups attached to an aromatic ring is 1. The molecule has 0 aliphatic carbocycles. The Morgan fingerprint density at radius 3 is 2.35 bits per heavy atom. The molecule has 2 aromatic carbocycles. The summed E-state index contributed by atoms with van der Waals surface area (Å²) in [6.07, 6.45) is 1.69. The van der Waals surface area contributed by atoms with Gasteiger partial charge in [-0.05, 0) is 72.6 Å². The Labute approximate surface area is 237 Å². The van der Waals surface area contributed by atoms with Crippen molar-refractivity contribution in [2.45, 2.75) is 51.7 Å². The molecule has 212 valence electrons. The van der Waals surface area contributed by atoms with Crippen LogP contribution in [-0.4, -0.2) is 48.0 Å². The monoisotopic (exact) mass is 565 g/mol. The molecule has 5 N–H and O–H groups in total. The van der Waals surface area contributed by atoms with Crippen molar-refractivity contribution in [2.75, 3.05) is 30.4 Å². The third kappa shape index (κ3) is 6.43. The van der Waals surface area contributed by atoms with Gasteiger partial charge in [0.1, 0.15) is 16.7 Å². The van der Waals surface area contributed by atoms with Gasteiger partial charge in [0.15, 0.2) is 5.69 Å². The van der Waals surface area contributed by atoms with Crippen LogP contribution < -0.4 is 26.4 Å². The van der Waals surface area contributed by atoms with Crippen molar-refractivity contribution in [3.63, 3.8) is 0 Å². The molecule has 0 radical (unpaired) electrons. The smallest absolute Gasteiger partial charge is 0.273 e. The highest BCUT2D eigenvalue weighted by molar-refractivity contribution is 7.09. The van der Waals surface area contributed by atoms with E-state index in [0.29, 0.717) is 36.8 Å². The molecule has 0 spiro atoms. The van der Waals surface area contributed by atoms with Gasteiger partial charge in [-0.25, -0.2) is 0 Å². The molecule has 1 aliphatic heterocycles. The molecule has 1 aromatic heterocycles. The lowest BCUT2D eigenvalue weighted by Gasteiger charge is -2.32. The van der Waals surface area contributed by atoms with E-state index in [-0.39, 0.29) is 34.2 Å². The molecule has 3 aromatic rings. The lowest BCUT2D eigenvalue weighted by Crippen LogP contribution is -2.45. The van der Waals surface area contributed by atoms with Crippen LogP contribution in [0, 0.1) is 0 Å². The zero-order valence-electron chi connectivity index (χ0n) is 22.9. The summed E-state index contributed by atoms with van der Waals surface area (Å²) >= 11 is 0.772. The summed E-state index contributed by atoms with van der Waals surface area (Å²) in [4.78, 5) is 41.4. The Morgan fingerprint density at radius 2 is 1.80 bits per heavy atom. The molecule has 1 aliphatic rings. The number of hydrogen-bond donors (Lipinski definition) is 3. The molecule has 0 bridgehead atoms. The number of ether oxygens (including phenoxy) is 2. The minimum atomic E-state index is -1.08. The Balaban J connectivity index is 1.81. The quantitative estimate of drug-likeness (QED) is 0.318. The van der Waals surface area contributed by atoms with Crippen molar-refractivity contribution in [3.05, 3.63) is 70.2 Å². The number of amides is 3. The Kier molecular flexibility index (Phi) is 9.38. The third-order valence-corrected chi connectivity index (χ3v) is 7.60. The molecule has 2 heterocycles. The number of carbonyl (C=O) groups excluding carboxylic acids is 3. The third-order valence-electron chi connectivity index (χ3n) is 6.75. The van der Waals surface area contributed by atoms with Gasteiger partial charge in [-0.2, -0.15) is 4.37 Å². The van der Waals surface area contributed by atoms with Crippen molar-refractivity contribution in [3.8, 4) is 5.75 Å². The molecule has 0 saturated carbocycles. The second-order valence-corrected chi connectivity index (χ2v) is 10.6. The van der Waals surface area contributed by atoms with E-state index < -0.39 is 17.9 Å². The Bertz CT molecular complexity index is 1330. The highest BCUT2D eigenvalue weighted by Crippen LogP contribution is 2.34. The van der Waals surface area contributed by atoms with Gasteiger partial charge in [0.05, 0.1) is 18.4 Å². The van der Waals surface area contributed by atoms with Gasteiger partial charge in [-0.1, -0.05) is 38.1 Å². The van der Waals surface area contributed by atoms with Crippen LogP contribution in [0.5, 0.6) is 5.75 Å². The zero-order chi connectivity index (χ0) is 28.8. The summed E-state index contributed by atoms with van der Waals surface area (Å²) < 4.78 is 15.3. The van der Waals surface area contributed by atoms with E-state index in [4.69, 9.17) is 20.9 Å². The predicted molar refractivity (Wildman–Crippen MR) is 155 cm³/mol. The topological polar surface area (TPSA) is 150 Å². The summed E-state index contributed by atoms with van der Waals surface area (Å²) in [6.45, 7) is 7.49. The predicted octanol–water partition coefficient (Wildman–Crippen LogP) is 4.03. The number of aromatic nitrogens is 1. The molecule has 1 saturated heterocycles. The summed E-state index contributed by atoms with van der Waals surface area (Å²) in [6, 6.07) is 13.4. The molecule has 1 fully saturated rings. The van der Waals surface area contributed by atoms with Crippen molar-refractivity contribution in [1.29, 1.82) is 0 Å². The normalized spacial score (nSPS) is 15.6. The molecule has 3 amide bonds. The maximum atomic E-state index is 14.2. The average Bonchev–Trinajstić information content (AvgIpc) is 3.60. The maximum absolute atomic E-state index is 14.2. The van der Waals surface area contributed by atoms with E-state index in [1.165, 1.54) is 4.90 Å². The molecule has 10 nitrogen and oxygen atoms in total. The van der Waals surface area contributed by atoms with E-state index in [2.05, 4.69) is 23.5 Å². The number of carbonyl (C=O) groups is 3. The minimum absolute atomic E-state index is 0.0181. The first-order valence-corrected chi connectivity index (χ1v) is 14.1. The standard InChI is InChI=1S/C29H35N5O5S/c1-4-38-21-13-9-19(10-14-21)25(28(36)32-16-22-6-5-15-39-22)34(20-11-7-18(8-12-20)17(2)3)29(37)26-23(30)24(27(31)35)33-40-26/h7-14,17,22,25H,4-6,15-16,30H2,1-3H3,(H2,31,35)(H,32,36)/t22-,25+/m0/s1. The number of anilines is 2. The fraction of sp³-hybridized carbons (Fsp3) is 0.379. The fourth-order valence-corrected chi connectivity index (χ4v) is 5.33. The number of primary amides is 1. The van der Waals surface area contributed by atoms with Crippen LogP contribution in [0.2, 0.25) is 0 Å². The molecular formula is C29H35N5O5S. The molecule has 40 heavy (non-hydrogen) atoms. The molecule has 0 unspecified atom stereocenters. The summed E-state index contributed by atoms with van der Waals surface area (Å²) in [5, 5.41) is 2.98. The van der Waals surface area contributed by atoms with Gasteiger partial charge in [0, 0.05) is 18.8 Å². The van der Waals surface area contributed by atoms with Gasteiger partial charge in [0.2, 0.25) is 5.91 Å². The second-order valence-electron chi connectivity index (χ2n) is 9.84. The number of nitrogens with two attached hydrogens (primary N) is 2. The van der Waals surface area contributed by atoms with Crippen molar-refractivity contribution in [2.24, 2.45) is 5.73 Å². The SMILES string of the molecule is CCOc1ccc([C@H](C(=O)NC[C@@H]2CCCO2)N(C(=O)c2snc(C(N)=O)c2N)c2ccc(C(C)C)cc2)cc1. The first-order valence-electron chi connectivity index (χ1n) is 13.3. The van der Waals surface area contributed by atoms with Crippen molar-refractivity contribution in [1.82, 2.24) is 9.69 Å². The van der Waals surface area contributed by atoms with E-state index in [9.17, 15) is 14.4 Å². The number of benzene rings is 2. The van der Waals surface area contributed by atoms with Crippen molar-refractivity contribution < 1.29 is 23.9 Å². The van der Waals surface area contributed by atoms with Crippen molar-refractivity contribution >= 4 is 40.6 Å². The van der Waals surface area contributed by atoms with Gasteiger partial charge >= 0.3 is 0 Å². The molecule has 11 heteroatoms. The van der Waals surface area contributed by atoms with E-state index in [0.717, 1.165) is 29.9 Å². The van der Waals surface area contributed by atoms with Crippen LogP contribution in [0.1, 0.15) is 76.9 Å². The minimum Gasteiger partial charge on any atom is -0.494 e. The lowest BCUT2D eigenvalue weighted by molar-refractivity contribution is -0.123. The van der Waals surface area contributed by atoms with E-state index in [1.807, 2.05) is 19.1 Å². The van der Waals surface area contributed by atoms with Gasteiger partial charge in [0.25, 0.3) is 11.8 Å². The first-order chi connectivity index (χ1) is 19.2. The highest BCUT2D eigenvalue weighted by atomic mass is 32.1. The molecule has 2 atom stereocenters. The molecular weight excluding hydrogens is 530 g/mol. The maximum Gasteiger partial charge on any atom is 0.273 e. The summed E-state index contributed by atoms with van der Waals surface area (Å²) in [5.41, 5.74) is 13.4. The molecule has 4 rings (SSSR count). The highest BCUT2D eigenvalue weighted by Gasteiger charge is 2.36. The average molecular weight is 566 g/mol. The van der Waals surface area contributed by atoms with Crippen LogP contribution in [0.25, 0.3) is 0 Å². The summed E-state index contributed by atoms with van der Waals surface area (Å²) in [5.74, 6) is -0.894. The van der Waals surface area contributed by atoms with Crippen LogP contribution in [-0.2, 0) is 9.53 Å². The number of hydrogen-bond acceptors (Lipinski definition) is 8. The summed E-state index contributed by atoms with van der Waals surface area (Å²) in [7, 11) is 0. The van der Waals surface area contributed by atoms with Crippen LogP contribution in [0.3, 0.4) is 0 Å². The number of nitrogens with zero attached hydrogens (tertiary/aromatic N) is 2. The Hall–Kier alpha value is -3.96. The largest absolute Gasteiger partial charge is 0.494 e. The number of nitrogens with one attached hydrogen (secondary N) is 1. The van der Waals surface area contributed by atoms with Gasteiger partial charge in [-0.3, -0.25) is 19.3 Å². The van der Waals surface area contributed by atoms with E-state index >= 15 is 0 Å². The van der Waals surface area contributed by atoms with Gasteiger partial charge in [-0.15, -0.1) is 0 Å². The van der Waals surface area contributed by atoms with Gasteiger partial charge < -0.3 is 26.3 Å². The number of rotatable bonds is 11. The van der Waals surface area contributed by atoms with E-state index in [1.54, 1.807) is 36.4 Å². The van der Waals surface area contributed by atoms with Crippen LogP contribution in [0.4, 0.5) is 11.4 Å². The van der Waals surface area contributed by atoms with Crippen LogP contribution >= 0.6 is 11.5 Å². The Morgan fingerprint density at radius 1 is 1.12 bits per heavy atom. The second kappa shape index (κ2) is 12.9. The fourth-order valence-electron chi connectivity index (χ4n) is 4.59. The first kappa shape index (κ1) is 29.0. The lowest BCUT2D eigenvalue weighted by atomic mass is 10.00.